The largest absolute Gasteiger partial charge is 0.416 e. The number of amides is 2. The average molecular weight is 412 g/mol. The topological polar surface area (TPSA) is 49.6 Å². The van der Waals surface area contributed by atoms with Gasteiger partial charge in [-0.15, -0.1) is 11.3 Å². The SMILES string of the molecule is Cc1cn(-c2ccc(C(F)(F)F)cc2)/c(=N/C(=O)NCCCN2CCCC2)s1. The van der Waals surface area contributed by atoms with Crippen LogP contribution in [0.1, 0.15) is 29.7 Å². The molecule has 0 aliphatic carbocycles. The maximum Gasteiger partial charge on any atom is 0.416 e. The third kappa shape index (κ3) is 5.45. The summed E-state index contributed by atoms with van der Waals surface area (Å²) in [5.41, 5.74) is -0.184. The molecule has 9 heteroatoms. The van der Waals surface area contributed by atoms with Gasteiger partial charge in [-0.2, -0.15) is 18.2 Å². The van der Waals surface area contributed by atoms with Crippen molar-refractivity contribution in [1.29, 1.82) is 0 Å². The van der Waals surface area contributed by atoms with Crippen molar-refractivity contribution in [3.63, 3.8) is 0 Å². The molecule has 0 radical (unpaired) electrons. The van der Waals surface area contributed by atoms with E-state index in [0.29, 0.717) is 17.0 Å². The van der Waals surface area contributed by atoms with Crippen LogP contribution in [0.5, 0.6) is 0 Å². The summed E-state index contributed by atoms with van der Waals surface area (Å²) in [6, 6.07) is 4.36. The molecular formula is C19H23F3N4OS. The second-order valence-corrected chi connectivity index (χ2v) is 8.00. The Morgan fingerprint density at radius 2 is 1.89 bits per heavy atom. The predicted octanol–water partition coefficient (Wildman–Crippen LogP) is 3.96. The molecule has 3 rings (SSSR count). The zero-order valence-electron chi connectivity index (χ0n) is 15.6. The van der Waals surface area contributed by atoms with Crippen LogP contribution in [0.3, 0.4) is 0 Å². The summed E-state index contributed by atoms with van der Waals surface area (Å²) in [6.45, 7) is 5.62. The molecule has 28 heavy (non-hydrogen) atoms. The Hall–Kier alpha value is -2.13. The highest BCUT2D eigenvalue weighted by molar-refractivity contribution is 7.09. The van der Waals surface area contributed by atoms with Crippen molar-refractivity contribution in [3.05, 3.63) is 45.7 Å². The van der Waals surface area contributed by atoms with Gasteiger partial charge < -0.3 is 10.2 Å². The van der Waals surface area contributed by atoms with Crippen LogP contribution in [0.4, 0.5) is 18.0 Å². The second-order valence-electron chi connectivity index (χ2n) is 6.79. The molecule has 1 saturated heterocycles. The summed E-state index contributed by atoms with van der Waals surface area (Å²) >= 11 is 1.31. The maximum atomic E-state index is 12.7. The van der Waals surface area contributed by atoms with E-state index in [2.05, 4.69) is 15.2 Å². The summed E-state index contributed by atoms with van der Waals surface area (Å²) in [4.78, 5) is 19.9. The number of nitrogens with zero attached hydrogens (tertiary/aromatic N) is 3. The minimum Gasteiger partial charge on any atom is -0.336 e. The van der Waals surface area contributed by atoms with Gasteiger partial charge in [-0.25, -0.2) is 4.79 Å². The number of thiazole rings is 1. The minimum absolute atomic E-state index is 0.425. The van der Waals surface area contributed by atoms with E-state index in [9.17, 15) is 18.0 Å². The number of halogens is 3. The third-order valence-corrected chi connectivity index (χ3v) is 5.46. The molecule has 5 nitrogen and oxygen atoms in total. The lowest BCUT2D eigenvalue weighted by Gasteiger charge is -2.13. The molecular weight excluding hydrogens is 389 g/mol. The first-order valence-corrected chi connectivity index (χ1v) is 10.1. The summed E-state index contributed by atoms with van der Waals surface area (Å²) in [5, 5.41) is 2.78. The molecule has 0 atom stereocenters. The normalized spacial score (nSPS) is 15.9. The molecule has 1 aromatic heterocycles. The number of urea groups is 1. The Labute approximate surface area is 165 Å². The molecule has 0 unspecified atom stereocenters. The molecule has 0 bridgehead atoms. The van der Waals surface area contributed by atoms with E-state index in [0.717, 1.165) is 43.1 Å². The van der Waals surface area contributed by atoms with Gasteiger partial charge in [0, 0.05) is 23.3 Å². The standard InChI is InChI=1S/C19H23F3N4OS/c1-14-13-26(16-7-5-15(6-8-16)19(20,21)22)18(28-14)24-17(27)23-9-4-12-25-10-2-3-11-25/h5-8,13H,2-4,9-12H2,1H3,(H,23,27)/b24-18-. The van der Waals surface area contributed by atoms with Gasteiger partial charge in [-0.1, -0.05) is 0 Å². The van der Waals surface area contributed by atoms with E-state index in [-0.39, 0.29) is 0 Å². The molecule has 1 aromatic carbocycles. The Morgan fingerprint density at radius 1 is 1.21 bits per heavy atom. The number of aromatic nitrogens is 1. The van der Waals surface area contributed by atoms with E-state index < -0.39 is 17.8 Å². The van der Waals surface area contributed by atoms with Crippen molar-refractivity contribution in [2.24, 2.45) is 4.99 Å². The second kappa shape index (κ2) is 8.91. The quantitative estimate of drug-likeness (QED) is 0.756. The van der Waals surface area contributed by atoms with Crippen molar-refractivity contribution in [1.82, 2.24) is 14.8 Å². The van der Waals surface area contributed by atoms with Crippen molar-refractivity contribution in [2.75, 3.05) is 26.2 Å². The number of nitrogens with one attached hydrogen (secondary N) is 1. The number of aryl methyl sites for hydroxylation is 1. The summed E-state index contributed by atoms with van der Waals surface area (Å²) in [5.74, 6) is 0. The smallest absolute Gasteiger partial charge is 0.336 e. The van der Waals surface area contributed by atoms with Crippen LogP contribution in [-0.4, -0.2) is 41.7 Å². The van der Waals surface area contributed by atoms with Crippen molar-refractivity contribution in [3.8, 4) is 5.69 Å². The highest BCUT2D eigenvalue weighted by Gasteiger charge is 2.30. The first-order chi connectivity index (χ1) is 13.3. The van der Waals surface area contributed by atoms with Crippen molar-refractivity contribution < 1.29 is 18.0 Å². The highest BCUT2D eigenvalue weighted by atomic mass is 32.1. The first-order valence-electron chi connectivity index (χ1n) is 9.24. The molecule has 1 N–H and O–H groups in total. The van der Waals surface area contributed by atoms with Gasteiger partial charge in [0.2, 0.25) is 0 Å². The Kier molecular flexibility index (Phi) is 6.56. The number of rotatable bonds is 5. The zero-order chi connectivity index (χ0) is 20.1. The molecule has 1 fully saturated rings. The number of hydrogen-bond donors (Lipinski definition) is 1. The molecule has 152 valence electrons. The van der Waals surface area contributed by atoms with Crippen molar-refractivity contribution >= 4 is 17.4 Å². The lowest BCUT2D eigenvalue weighted by molar-refractivity contribution is -0.137. The van der Waals surface area contributed by atoms with Crippen LogP contribution in [0.25, 0.3) is 5.69 Å². The van der Waals surface area contributed by atoms with Crippen molar-refractivity contribution in [2.45, 2.75) is 32.4 Å². The van der Waals surface area contributed by atoms with Gasteiger partial charge in [0.15, 0.2) is 4.80 Å². The van der Waals surface area contributed by atoms with Gasteiger partial charge in [-0.3, -0.25) is 4.57 Å². The Morgan fingerprint density at radius 3 is 2.54 bits per heavy atom. The fourth-order valence-corrected chi connectivity index (χ4v) is 3.99. The lowest BCUT2D eigenvalue weighted by atomic mass is 10.2. The van der Waals surface area contributed by atoms with E-state index in [1.165, 1.54) is 36.3 Å². The molecule has 2 heterocycles. The number of benzene rings is 1. The number of alkyl halides is 3. The first kappa shape index (κ1) is 20.6. The van der Waals surface area contributed by atoms with Gasteiger partial charge in [-0.05, 0) is 70.1 Å². The monoisotopic (exact) mass is 412 g/mol. The number of likely N-dealkylation sites (tertiary alicyclic amines) is 1. The lowest BCUT2D eigenvalue weighted by Crippen LogP contribution is -2.28. The minimum atomic E-state index is -4.38. The summed E-state index contributed by atoms with van der Waals surface area (Å²) in [7, 11) is 0. The fraction of sp³-hybridized carbons (Fsp3) is 0.474. The van der Waals surface area contributed by atoms with E-state index in [1.807, 2.05) is 6.92 Å². The highest BCUT2D eigenvalue weighted by Crippen LogP contribution is 2.29. The van der Waals surface area contributed by atoms with Crippen LogP contribution < -0.4 is 10.1 Å². The van der Waals surface area contributed by atoms with E-state index >= 15 is 0 Å². The van der Waals surface area contributed by atoms with Crippen LogP contribution in [0, 0.1) is 6.92 Å². The van der Waals surface area contributed by atoms with Gasteiger partial charge >= 0.3 is 12.2 Å². The van der Waals surface area contributed by atoms with E-state index in [1.54, 1.807) is 10.8 Å². The maximum absolute atomic E-state index is 12.7. The van der Waals surface area contributed by atoms with Crippen LogP contribution >= 0.6 is 11.3 Å². The summed E-state index contributed by atoms with van der Waals surface area (Å²) in [6.07, 6.45) is 0.721. The van der Waals surface area contributed by atoms with Crippen LogP contribution in [-0.2, 0) is 6.18 Å². The van der Waals surface area contributed by atoms with E-state index in [4.69, 9.17) is 0 Å². The fourth-order valence-electron chi connectivity index (χ4n) is 3.16. The number of carbonyl (C=O) groups excluding carboxylic acids is 1. The number of carbonyl (C=O) groups is 1. The van der Waals surface area contributed by atoms with Crippen LogP contribution in [0.2, 0.25) is 0 Å². The zero-order valence-corrected chi connectivity index (χ0v) is 16.4. The third-order valence-electron chi connectivity index (χ3n) is 4.57. The molecule has 1 aliphatic heterocycles. The van der Waals surface area contributed by atoms with Gasteiger partial charge in [0.05, 0.1) is 5.56 Å². The molecule has 2 amide bonds. The Balaban J connectivity index is 1.66. The molecule has 1 aliphatic rings. The number of hydrogen-bond acceptors (Lipinski definition) is 3. The Bertz CT molecular complexity index is 865. The van der Waals surface area contributed by atoms with Crippen LogP contribution in [0.15, 0.2) is 35.5 Å². The average Bonchev–Trinajstić information content (AvgIpc) is 3.28. The molecule has 0 spiro atoms. The predicted molar refractivity (Wildman–Crippen MR) is 103 cm³/mol. The summed E-state index contributed by atoms with van der Waals surface area (Å²) < 4.78 is 39.9. The molecule has 0 saturated carbocycles. The van der Waals surface area contributed by atoms with Gasteiger partial charge in [0.1, 0.15) is 0 Å². The van der Waals surface area contributed by atoms with Gasteiger partial charge in [0.25, 0.3) is 0 Å². The molecule has 2 aromatic rings.